The highest BCUT2D eigenvalue weighted by molar-refractivity contribution is 5.96. The quantitative estimate of drug-likeness (QED) is 0.393. The van der Waals surface area contributed by atoms with Crippen LogP contribution >= 0.6 is 0 Å². The zero-order valence-electron chi connectivity index (χ0n) is 18.7. The lowest BCUT2D eigenvalue weighted by Crippen LogP contribution is -2.23. The zero-order chi connectivity index (χ0) is 23.1. The van der Waals surface area contributed by atoms with E-state index in [0.29, 0.717) is 6.42 Å². The van der Waals surface area contributed by atoms with Crippen LogP contribution in [0.4, 0.5) is 5.69 Å². The van der Waals surface area contributed by atoms with Crippen LogP contribution in [0.25, 0.3) is 44.4 Å². The summed E-state index contributed by atoms with van der Waals surface area (Å²) < 4.78 is 2.02. The number of carbonyl (C=O) groups is 1. The molecule has 1 saturated heterocycles. The average Bonchev–Trinajstić information content (AvgIpc) is 3.47. The summed E-state index contributed by atoms with van der Waals surface area (Å²) in [6, 6.07) is 12.4. The normalized spacial score (nSPS) is 13.7. The molecule has 166 valence electrons. The fourth-order valence-corrected chi connectivity index (χ4v) is 4.60. The van der Waals surface area contributed by atoms with Gasteiger partial charge in [-0.1, -0.05) is 12.1 Å². The molecule has 7 nitrogen and oxygen atoms in total. The molecule has 0 radical (unpaired) electrons. The van der Waals surface area contributed by atoms with Crippen LogP contribution < -0.4 is 4.90 Å². The topological polar surface area (TPSA) is 76.8 Å². The fraction of sp³-hybridized carbons (Fsp3) is 0.148. The van der Waals surface area contributed by atoms with Crippen molar-refractivity contribution in [2.24, 2.45) is 7.05 Å². The van der Waals surface area contributed by atoms with Crippen molar-refractivity contribution in [2.75, 3.05) is 11.4 Å². The largest absolute Gasteiger partial charge is 0.335 e. The third kappa shape index (κ3) is 3.51. The maximum absolute atomic E-state index is 12.0. The Balaban J connectivity index is 1.36. The summed E-state index contributed by atoms with van der Waals surface area (Å²) in [7, 11) is 1.99. The molecule has 34 heavy (non-hydrogen) atoms. The number of rotatable bonds is 4. The third-order valence-electron chi connectivity index (χ3n) is 6.34. The third-order valence-corrected chi connectivity index (χ3v) is 6.34. The second-order valence-corrected chi connectivity index (χ2v) is 8.53. The molecule has 1 fully saturated rings. The van der Waals surface area contributed by atoms with Gasteiger partial charge in [0.25, 0.3) is 0 Å². The van der Waals surface area contributed by atoms with Crippen LogP contribution in [0, 0.1) is 0 Å². The van der Waals surface area contributed by atoms with Gasteiger partial charge >= 0.3 is 0 Å². The van der Waals surface area contributed by atoms with E-state index >= 15 is 0 Å². The van der Waals surface area contributed by atoms with E-state index in [9.17, 15) is 4.79 Å². The van der Waals surface area contributed by atoms with Gasteiger partial charge in [0.05, 0.1) is 0 Å². The molecule has 5 aromatic rings. The van der Waals surface area contributed by atoms with Gasteiger partial charge in [0.1, 0.15) is 12.0 Å². The summed E-state index contributed by atoms with van der Waals surface area (Å²) in [4.78, 5) is 31.5. The highest BCUT2D eigenvalue weighted by Crippen LogP contribution is 2.33. The van der Waals surface area contributed by atoms with E-state index in [1.807, 2.05) is 71.8 Å². The summed E-state index contributed by atoms with van der Waals surface area (Å²) in [5.41, 5.74) is 7.90. The molecule has 1 aliphatic heterocycles. The van der Waals surface area contributed by atoms with Crippen molar-refractivity contribution >= 4 is 22.6 Å². The number of carbonyl (C=O) groups excluding carboxylic acids is 1. The van der Waals surface area contributed by atoms with Crippen LogP contribution in [0.5, 0.6) is 0 Å². The average molecular weight is 447 g/mol. The van der Waals surface area contributed by atoms with Gasteiger partial charge in [0.2, 0.25) is 5.91 Å². The van der Waals surface area contributed by atoms with Crippen LogP contribution in [0.3, 0.4) is 0 Å². The van der Waals surface area contributed by atoms with Crippen LogP contribution in [0.1, 0.15) is 12.8 Å². The Bertz CT molecular complexity index is 1510. The molecule has 0 atom stereocenters. The predicted molar refractivity (Wildman–Crippen MR) is 132 cm³/mol. The van der Waals surface area contributed by atoms with E-state index < -0.39 is 0 Å². The first-order valence-corrected chi connectivity index (χ1v) is 11.2. The molecule has 6 rings (SSSR count). The van der Waals surface area contributed by atoms with Crippen LogP contribution in [-0.4, -0.2) is 37.0 Å². The maximum atomic E-state index is 12.0. The number of aromatic nitrogens is 5. The number of anilines is 1. The summed E-state index contributed by atoms with van der Waals surface area (Å²) in [6.07, 6.45) is 14.4. The van der Waals surface area contributed by atoms with E-state index in [1.54, 1.807) is 0 Å². The Labute approximate surface area is 196 Å². The monoisotopic (exact) mass is 446 g/mol. The Kier molecular flexibility index (Phi) is 4.87. The lowest BCUT2D eigenvalue weighted by atomic mass is 10.0. The second kappa shape index (κ2) is 8.19. The second-order valence-electron chi connectivity index (χ2n) is 8.53. The van der Waals surface area contributed by atoms with Gasteiger partial charge in [0.15, 0.2) is 0 Å². The molecule has 0 aliphatic carbocycles. The fourth-order valence-electron chi connectivity index (χ4n) is 4.60. The van der Waals surface area contributed by atoms with E-state index in [2.05, 4.69) is 33.3 Å². The summed E-state index contributed by atoms with van der Waals surface area (Å²) in [5, 5.41) is 1.04. The molecular formula is C27H22N6O. The molecular weight excluding hydrogens is 424 g/mol. The first-order chi connectivity index (χ1) is 16.7. The summed E-state index contributed by atoms with van der Waals surface area (Å²) in [6.45, 7) is 0.793. The molecule has 0 spiro atoms. The van der Waals surface area contributed by atoms with Crippen molar-refractivity contribution in [2.45, 2.75) is 12.8 Å². The number of fused-ring (bicyclic) bond motifs is 1. The minimum atomic E-state index is 0.196. The van der Waals surface area contributed by atoms with Gasteiger partial charge in [-0.25, -0.2) is 15.0 Å². The molecule has 7 heteroatoms. The van der Waals surface area contributed by atoms with Gasteiger partial charge in [0, 0.05) is 96.1 Å². The molecule has 1 aliphatic rings. The van der Waals surface area contributed by atoms with Gasteiger partial charge in [-0.2, -0.15) is 0 Å². The number of aryl methyl sites for hydroxylation is 1. The first kappa shape index (κ1) is 20.2. The minimum absolute atomic E-state index is 0.196. The van der Waals surface area contributed by atoms with Gasteiger partial charge < -0.3 is 9.47 Å². The molecule has 1 amide bonds. The SMILES string of the molecule is Cn1cc(-c2cncnc2)c2cc(-c3cncc(-c4ccc(N5CCCC5=O)cc4)c3)cnc21. The number of hydrogen-bond donors (Lipinski definition) is 0. The molecule has 0 N–H and O–H groups in total. The van der Waals surface area contributed by atoms with Crippen molar-refractivity contribution in [1.29, 1.82) is 0 Å². The molecule has 0 saturated carbocycles. The van der Waals surface area contributed by atoms with Gasteiger partial charge in [-0.3, -0.25) is 9.78 Å². The van der Waals surface area contributed by atoms with Gasteiger partial charge in [-0.15, -0.1) is 0 Å². The summed E-state index contributed by atoms with van der Waals surface area (Å²) in [5.74, 6) is 0.196. The number of nitrogens with zero attached hydrogens (tertiary/aromatic N) is 6. The Hall–Kier alpha value is -4.39. The first-order valence-electron chi connectivity index (χ1n) is 11.2. The number of amides is 1. The van der Waals surface area contributed by atoms with E-state index in [-0.39, 0.29) is 5.91 Å². The van der Waals surface area contributed by atoms with Gasteiger partial charge in [-0.05, 0) is 36.2 Å². The molecule has 0 unspecified atom stereocenters. The van der Waals surface area contributed by atoms with Crippen molar-refractivity contribution in [3.63, 3.8) is 0 Å². The highest BCUT2D eigenvalue weighted by Gasteiger charge is 2.21. The molecule has 1 aromatic carbocycles. The zero-order valence-corrected chi connectivity index (χ0v) is 18.7. The summed E-state index contributed by atoms with van der Waals surface area (Å²) >= 11 is 0. The van der Waals surface area contributed by atoms with Crippen molar-refractivity contribution in [3.05, 3.63) is 79.9 Å². The number of hydrogen-bond acceptors (Lipinski definition) is 5. The van der Waals surface area contributed by atoms with Crippen LogP contribution in [0.2, 0.25) is 0 Å². The highest BCUT2D eigenvalue weighted by atomic mass is 16.2. The van der Waals surface area contributed by atoms with Crippen molar-refractivity contribution in [1.82, 2.24) is 24.5 Å². The van der Waals surface area contributed by atoms with E-state index in [4.69, 9.17) is 4.98 Å². The van der Waals surface area contributed by atoms with Crippen molar-refractivity contribution in [3.8, 4) is 33.4 Å². The van der Waals surface area contributed by atoms with E-state index in [0.717, 1.165) is 63.1 Å². The lowest BCUT2D eigenvalue weighted by molar-refractivity contribution is -0.117. The Morgan fingerprint density at radius 1 is 0.794 bits per heavy atom. The predicted octanol–water partition coefficient (Wildman–Crippen LogP) is 4.89. The standard InChI is InChI=1S/C27H22N6O/c1-32-16-25(22-13-29-17-30-14-22)24-10-21(15-31-27(24)32)20-9-19(11-28-12-20)18-4-6-23(7-5-18)33-8-2-3-26(33)34/h4-7,9-17H,2-3,8H2,1H3. The van der Waals surface area contributed by atoms with Crippen LogP contribution in [-0.2, 0) is 11.8 Å². The maximum Gasteiger partial charge on any atom is 0.227 e. The van der Waals surface area contributed by atoms with Crippen LogP contribution in [0.15, 0.2) is 79.9 Å². The Morgan fingerprint density at radius 3 is 2.24 bits per heavy atom. The number of benzene rings is 1. The number of pyridine rings is 2. The van der Waals surface area contributed by atoms with Crippen molar-refractivity contribution < 1.29 is 4.79 Å². The Morgan fingerprint density at radius 2 is 1.50 bits per heavy atom. The van der Waals surface area contributed by atoms with E-state index in [1.165, 1.54) is 6.33 Å². The smallest absolute Gasteiger partial charge is 0.227 e. The lowest BCUT2D eigenvalue weighted by Gasteiger charge is -2.16. The molecule has 0 bridgehead atoms. The minimum Gasteiger partial charge on any atom is -0.335 e. The molecule has 4 aromatic heterocycles. The molecule has 5 heterocycles.